The molecule has 0 aliphatic heterocycles. The molecule has 7 heteroatoms. The number of hydrogen-bond donors (Lipinski definition) is 2. The lowest BCUT2D eigenvalue weighted by molar-refractivity contribution is 0.234. The quantitative estimate of drug-likeness (QED) is 0.842. The van der Waals surface area contributed by atoms with Crippen LogP contribution in [0.3, 0.4) is 0 Å². The Morgan fingerprint density at radius 1 is 1.26 bits per heavy atom. The van der Waals surface area contributed by atoms with Gasteiger partial charge in [0.05, 0.1) is 4.90 Å². The van der Waals surface area contributed by atoms with Crippen molar-refractivity contribution in [2.24, 2.45) is 11.1 Å². The highest BCUT2D eigenvalue weighted by molar-refractivity contribution is 7.91. The van der Waals surface area contributed by atoms with Crippen LogP contribution in [0.4, 0.5) is 14.5 Å². The van der Waals surface area contributed by atoms with Crippen LogP contribution in [0.25, 0.3) is 0 Å². The molecule has 0 saturated carbocycles. The number of halogens is 2. The Kier molecular flexibility index (Phi) is 4.86. The van der Waals surface area contributed by atoms with Crippen LogP contribution >= 0.6 is 0 Å². The van der Waals surface area contributed by atoms with Crippen molar-refractivity contribution in [1.82, 2.24) is 0 Å². The second-order valence-corrected chi connectivity index (χ2v) is 6.97. The molecule has 108 valence electrons. The van der Waals surface area contributed by atoms with Gasteiger partial charge in [-0.05, 0) is 36.2 Å². The normalized spacial score (nSPS) is 12.7. The Morgan fingerprint density at radius 2 is 1.79 bits per heavy atom. The number of nitrogens with two attached hydrogens (primary N) is 1. The summed E-state index contributed by atoms with van der Waals surface area (Å²) in [6, 6.07) is 5.25. The van der Waals surface area contributed by atoms with Crippen LogP contribution < -0.4 is 11.1 Å². The molecule has 0 heterocycles. The Morgan fingerprint density at radius 3 is 2.21 bits per heavy atom. The molecular weight excluding hydrogens is 274 g/mol. The molecule has 0 amide bonds. The molecule has 0 unspecified atom stereocenters. The Hall–Kier alpha value is -1.21. The van der Waals surface area contributed by atoms with E-state index in [0.29, 0.717) is 18.8 Å². The number of benzene rings is 1. The van der Waals surface area contributed by atoms with Gasteiger partial charge in [-0.15, -0.1) is 0 Å². The van der Waals surface area contributed by atoms with Crippen LogP contribution in [0, 0.1) is 5.41 Å². The highest BCUT2D eigenvalue weighted by Gasteiger charge is 2.26. The minimum Gasteiger partial charge on any atom is -0.384 e. The molecular formula is C12H18F2N2O2S. The highest BCUT2D eigenvalue weighted by atomic mass is 32.2. The largest absolute Gasteiger partial charge is 0.384 e. The smallest absolute Gasteiger partial charge is 0.341 e. The molecule has 0 aromatic heterocycles. The zero-order valence-corrected chi connectivity index (χ0v) is 11.7. The van der Waals surface area contributed by atoms with Gasteiger partial charge in [0.1, 0.15) is 0 Å². The molecule has 1 aromatic carbocycles. The Labute approximate surface area is 111 Å². The topological polar surface area (TPSA) is 72.2 Å². The summed E-state index contributed by atoms with van der Waals surface area (Å²) in [5.74, 6) is -3.40. The van der Waals surface area contributed by atoms with Crippen LogP contribution in [0.1, 0.15) is 13.8 Å². The van der Waals surface area contributed by atoms with E-state index in [9.17, 15) is 17.2 Å². The highest BCUT2D eigenvalue weighted by Crippen LogP contribution is 2.21. The van der Waals surface area contributed by atoms with E-state index in [1.807, 2.05) is 13.8 Å². The van der Waals surface area contributed by atoms with Crippen LogP contribution in [0.5, 0.6) is 0 Å². The molecule has 19 heavy (non-hydrogen) atoms. The third kappa shape index (κ3) is 4.14. The lowest BCUT2D eigenvalue weighted by atomic mass is 9.94. The summed E-state index contributed by atoms with van der Waals surface area (Å²) in [5.41, 5.74) is 6.14. The molecule has 0 aliphatic carbocycles. The maximum Gasteiger partial charge on any atom is 0.341 e. The molecule has 1 rings (SSSR count). The number of rotatable bonds is 6. The molecule has 3 N–H and O–H groups in total. The van der Waals surface area contributed by atoms with Gasteiger partial charge < -0.3 is 11.1 Å². The second kappa shape index (κ2) is 5.83. The monoisotopic (exact) mass is 292 g/mol. The van der Waals surface area contributed by atoms with E-state index in [1.54, 1.807) is 0 Å². The summed E-state index contributed by atoms with van der Waals surface area (Å²) >= 11 is 0. The van der Waals surface area contributed by atoms with Crippen LogP contribution in [-0.2, 0) is 9.84 Å². The van der Waals surface area contributed by atoms with Crippen LogP contribution in [-0.4, -0.2) is 27.3 Å². The fourth-order valence-corrected chi connectivity index (χ4v) is 2.00. The first-order valence-electron chi connectivity index (χ1n) is 5.75. The van der Waals surface area contributed by atoms with E-state index in [4.69, 9.17) is 5.73 Å². The van der Waals surface area contributed by atoms with E-state index in [1.165, 1.54) is 24.3 Å². The molecule has 0 fully saturated rings. The minimum atomic E-state index is -4.52. The van der Waals surface area contributed by atoms with Gasteiger partial charge in [0, 0.05) is 12.2 Å². The molecule has 1 aromatic rings. The summed E-state index contributed by atoms with van der Waals surface area (Å²) < 4.78 is 47.1. The van der Waals surface area contributed by atoms with Crippen molar-refractivity contribution in [3.8, 4) is 0 Å². The second-order valence-electron chi connectivity index (χ2n) is 5.05. The number of hydrogen-bond acceptors (Lipinski definition) is 4. The summed E-state index contributed by atoms with van der Waals surface area (Å²) in [6.45, 7) is 5.06. The maximum absolute atomic E-state index is 12.3. The van der Waals surface area contributed by atoms with E-state index in [2.05, 4.69) is 5.32 Å². The van der Waals surface area contributed by atoms with Crippen LogP contribution in [0.15, 0.2) is 29.2 Å². The fraction of sp³-hybridized carbons (Fsp3) is 0.500. The van der Waals surface area contributed by atoms with Crippen LogP contribution in [0.2, 0.25) is 0 Å². The Bertz CT molecular complexity index is 513. The predicted molar refractivity (Wildman–Crippen MR) is 71.0 cm³/mol. The van der Waals surface area contributed by atoms with E-state index in [-0.39, 0.29) is 10.3 Å². The zero-order valence-electron chi connectivity index (χ0n) is 10.9. The predicted octanol–water partition coefficient (Wildman–Crippen LogP) is 2.08. The number of sulfone groups is 1. The van der Waals surface area contributed by atoms with Crippen molar-refractivity contribution < 1.29 is 17.2 Å². The first-order valence-corrected chi connectivity index (χ1v) is 7.30. The van der Waals surface area contributed by atoms with Crippen molar-refractivity contribution >= 4 is 15.5 Å². The van der Waals surface area contributed by atoms with Crippen molar-refractivity contribution in [2.75, 3.05) is 18.4 Å². The van der Waals surface area contributed by atoms with Gasteiger partial charge >= 0.3 is 5.76 Å². The summed E-state index contributed by atoms with van der Waals surface area (Å²) in [4.78, 5) is -0.383. The minimum absolute atomic E-state index is 0.103. The van der Waals surface area contributed by atoms with Gasteiger partial charge in [-0.3, -0.25) is 0 Å². The lowest BCUT2D eigenvalue weighted by Crippen LogP contribution is -2.31. The zero-order chi connectivity index (χ0) is 14.7. The van der Waals surface area contributed by atoms with Gasteiger partial charge in [0.15, 0.2) is 0 Å². The summed E-state index contributed by atoms with van der Waals surface area (Å²) in [6.07, 6.45) is 0. The third-order valence-electron chi connectivity index (χ3n) is 2.74. The van der Waals surface area contributed by atoms with Crippen molar-refractivity contribution in [3.63, 3.8) is 0 Å². The van der Waals surface area contributed by atoms with Gasteiger partial charge in [0.2, 0.25) is 9.84 Å². The Balaban J connectivity index is 2.78. The van der Waals surface area contributed by atoms with Gasteiger partial charge in [-0.2, -0.15) is 8.78 Å². The van der Waals surface area contributed by atoms with Gasteiger partial charge in [-0.25, -0.2) is 8.42 Å². The SMILES string of the molecule is CC(C)(CN)CNc1ccc(S(=O)(=O)C(F)F)cc1. The number of alkyl halides is 2. The van der Waals surface area contributed by atoms with Crippen molar-refractivity contribution in [2.45, 2.75) is 24.5 Å². The fourth-order valence-electron chi connectivity index (χ4n) is 1.28. The van der Waals surface area contributed by atoms with E-state index in [0.717, 1.165) is 0 Å². The molecule has 0 bridgehead atoms. The standard InChI is InChI=1S/C12H18F2N2O2S/c1-12(2,7-15)8-16-9-3-5-10(6-4-9)19(17,18)11(13)14/h3-6,11,16H,7-8,15H2,1-2H3. The third-order valence-corrected chi connectivity index (χ3v) is 4.14. The molecule has 4 nitrogen and oxygen atoms in total. The average molecular weight is 292 g/mol. The van der Waals surface area contributed by atoms with E-state index < -0.39 is 15.6 Å². The average Bonchev–Trinajstić information content (AvgIpc) is 2.37. The summed E-state index contributed by atoms with van der Waals surface area (Å²) in [7, 11) is -4.52. The first kappa shape index (κ1) is 15.8. The molecule has 0 atom stereocenters. The summed E-state index contributed by atoms with van der Waals surface area (Å²) in [5, 5.41) is 3.08. The van der Waals surface area contributed by atoms with Crippen molar-refractivity contribution in [3.05, 3.63) is 24.3 Å². The number of nitrogens with one attached hydrogen (secondary N) is 1. The van der Waals surface area contributed by atoms with Gasteiger partial charge in [0.25, 0.3) is 0 Å². The molecule has 0 spiro atoms. The molecule has 0 saturated heterocycles. The molecule has 0 aliphatic rings. The van der Waals surface area contributed by atoms with Gasteiger partial charge in [-0.1, -0.05) is 13.8 Å². The number of anilines is 1. The van der Waals surface area contributed by atoms with E-state index >= 15 is 0 Å². The molecule has 0 radical (unpaired) electrons. The first-order chi connectivity index (χ1) is 8.69. The lowest BCUT2D eigenvalue weighted by Gasteiger charge is -2.23. The maximum atomic E-state index is 12.3. The van der Waals surface area contributed by atoms with Crippen molar-refractivity contribution in [1.29, 1.82) is 0 Å².